The summed E-state index contributed by atoms with van der Waals surface area (Å²) >= 11 is 0. The summed E-state index contributed by atoms with van der Waals surface area (Å²) in [6.45, 7) is 16.9. The van der Waals surface area contributed by atoms with Crippen LogP contribution in [-0.2, 0) is 6.42 Å². The number of hydrogen-bond donors (Lipinski definition) is 1. The predicted octanol–water partition coefficient (Wildman–Crippen LogP) is 2.73. The average Bonchev–Trinajstić information content (AvgIpc) is 2.38. The third kappa shape index (κ3) is 4.75. The van der Waals surface area contributed by atoms with Crippen LogP contribution in [0.5, 0.6) is 0 Å². The van der Waals surface area contributed by atoms with Gasteiger partial charge in [0.25, 0.3) is 0 Å². The highest BCUT2D eigenvalue weighted by atomic mass is 15.2. The number of nitrogens with zero attached hydrogens (tertiary/aromatic N) is 3. The lowest BCUT2D eigenvalue weighted by Crippen LogP contribution is -2.26. The molecule has 0 aliphatic carbocycles. The molecule has 0 aliphatic heterocycles. The smallest absolute Gasteiger partial charge is 0.225 e. The summed E-state index contributed by atoms with van der Waals surface area (Å²) in [5, 5.41) is 3.48. The van der Waals surface area contributed by atoms with Gasteiger partial charge in [0.05, 0.1) is 0 Å². The molecular weight excluding hydrogens is 248 g/mol. The molecule has 1 N–H and O–H groups in total. The van der Waals surface area contributed by atoms with E-state index in [1.807, 2.05) is 0 Å². The molecule has 1 aromatic rings. The van der Waals surface area contributed by atoms with Crippen LogP contribution in [0.25, 0.3) is 0 Å². The molecule has 0 aromatic carbocycles. The minimum Gasteiger partial charge on any atom is -0.341 e. The second kappa shape index (κ2) is 8.20. The average molecular weight is 278 g/mol. The summed E-state index contributed by atoms with van der Waals surface area (Å²) in [5.74, 6) is 1.56. The lowest BCUT2D eigenvalue weighted by Gasteiger charge is -2.20. The van der Waals surface area contributed by atoms with Crippen molar-refractivity contribution < 1.29 is 0 Å². The molecule has 4 nitrogen and oxygen atoms in total. The first-order valence-corrected chi connectivity index (χ1v) is 7.79. The first-order chi connectivity index (χ1) is 9.49. The summed E-state index contributed by atoms with van der Waals surface area (Å²) in [7, 11) is 0. The summed E-state index contributed by atoms with van der Waals surface area (Å²) in [6.07, 6.45) is 1.00. The van der Waals surface area contributed by atoms with Crippen LogP contribution >= 0.6 is 0 Å². The normalized spacial score (nSPS) is 11.2. The van der Waals surface area contributed by atoms with Crippen LogP contribution in [0.2, 0.25) is 0 Å². The highest BCUT2D eigenvalue weighted by molar-refractivity contribution is 5.36. The molecule has 0 spiro atoms. The Labute approximate surface area is 124 Å². The van der Waals surface area contributed by atoms with Crippen molar-refractivity contribution in [1.29, 1.82) is 0 Å². The highest BCUT2D eigenvalue weighted by Crippen LogP contribution is 2.15. The topological polar surface area (TPSA) is 41.1 Å². The van der Waals surface area contributed by atoms with E-state index in [4.69, 9.17) is 0 Å². The van der Waals surface area contributed by atoms with Crippen LogP contribution in [0, 0.1) is 19.8 Å². The molecule has 0 unspecified atom stereocenters. The minimum atomic E-state index is 0.693. The first kappa shape index (κ1) is 16.9. The Morgan fingerprint density at radius 1 is 1.05 bits per heavy atom. The van der Waals surface area contributed by atoms with Gasteiger partial charge in [-0.2, -0.15) is 0 Å². The molecule has 114 valence electrons. The zero-order chi connectivity index (χ0) is 15.1. The second-order valence-corrected chi connectivity index (χ2v) is 5.69. The van der Waals surface area contributed by atoms with Crippen molar-refractivity contribution >= 4 is 5.95 Å². The number of nitrogens with one attached hydrogen (secondary N) is 1. The van der Waals surface area contributed by atoms with E-state index in [1.54, 1.807) is 0 Å². The fourth-order valence-corrected chi connectivity index (χ4v) is 2.34. The number of rotatable bonds is 8. The fraction of sp³-hybridized carbons (Fsp3) is 0.750. The third-order valence-electron chi connectivity index (χ3n) is 3.56. The van der Waals surface area contributed by atoms with Crippen molar-refractivity contribution in [3.05, 3.63) is 17.0 Å². The molecule has 0 fully saturated rings. The van der Waals surface area contributed by atoms with Crippen LogP contribution in [0.1, 0.15) is 44.6 Å². The van der Waals surface area contributed by atoms with Crippen LogP contribution < -0.4 is 10.2 Å². The zero-order valence-corrected chi connectivity index (χ0v) is 14.0. The number of aromatic nitrogens is 2. The van der Waals surface area contributed by atoms with E-state index >= 15 is 0 Å². The maximum atomic E-state index is 4.68. The standard InChI is InChI=1S/C16H30N4/c1-7-20(8-2)16-18-13(5)15(14(6)19-16)9-10-17-11-12(3)4/h12,17H,7-11H2,1-6H3. The maximum Gasteiger partial charge on any atom is 0.225 e. The van der Waals surface area contributed by atoms with E-state index in [9.17, 15) is 0 Å². The van der Waals surface area contributed by atoms with Gasteiger partial charge >= 0.3 is 0 Å². The number of anilines is 1. The van der Waals surface area contributed by atoms with Crippen molar-refractivity contribution in [2.75, 3.05) is 31.1 Å². The molecule has 0 amide bonds. The Morgan fingerprint density at radius 3 is 2.05 bits per heavy atom. The largest absolute Gasteiger partial charge is 0.341 e. The van der Waals surface area contributed by atoms with E-state index in [-0.39, 0.29) is 0 Å². The number of aryl methyl sites for hydroxylation is 2. The maximum absolute atomic E-state index is 4.68. The van der Waals surface area contributed by atoms with Crippen molar-refractivity contribution in [2.45, 2.75) is 48.0 Å². The molecule has 0 saturated carbocycles. The lowest BCUT2D eigenvalue weighted by atomic mass is 10.1. The van der Waals surface area contributed by atoms with Gasteiger partial charge in [-0.05, 0) is 58.7 Å². The van der Waals surface area contributed by atoms with Crippen molar-refractivity contribution in [3.63, 3.8) is 0 Å². The van der Waals surface area contributed by atoms with Gasteiger partial charge in [-0.3, -0.25) is 0 Å². The Morgan fingerprint density at radius 2 is 1.60 bits per heavy atom. The van der Waals surface area contributed by atoms with E-state index in [0.29, 0.717) is 5.92 Å². The molecular formula is C16H30N4. The van der Waals surface area contributed by atoms with Crippen molar-refractivity contribution in [3.8, 4) is 0 Å². The van der Waals surface area contributed by atoms with Gasteiger partial charge in [0, 0.05) is 24.5 Å². The second-order valence-electron chi connectivity index (χ2n) is 5.69. The summed E-state index contributed by atoms with van der Waals surface area (Å²) in [4.78, 5) is 11.5. The van der Waals surface area contributed by atoms with E-state index in [0.717, 1.165) is 49.9 Å². The SMILES string of the molecule is CCN(CC)c1nc(C)c(CCNCC(C)C)c(C)n1. The molecule has 0 saturated heterocycles. The number of hydrogen-bond acceptors (Lipinski definition) is 4. The summed E-state index contributed by atoms with van der Waals surface area (Å²) in [5.41, 5.74) is 3.52. The molecule has 1 aromatic heterocycles. The molecule has 0 aliphatic rings. The van der Waals surface area contributed by atoms with Gasteiger partial charge in [-0.25, -0.2) is 9.97 Å². The quantitative estimate of drug-likeness (QED) is 0.742. The Kier molecular flexibility index (Phi) is 6.93. The first-order valence-electron chi connectivity index (χ1n) is 7.79. The summed E-state index contributed by atoms with van der Waals surface area (Å²) in [6, 6.07) is 0. The summed E-state index contributed by atoms with van der Waals surface area (Å²) < 4.78 is 0. The molecule has 4 heteroatoms. The van der Waals surface area contributed by atoms with Crippen molar-refractivity contribution in [2.24, 2.45) is 5.92 Å². The van der Waals surface area contributed by atoms with Gasteiger partial charge in [-0.1, -0.05) is 13.8 Å². The Balaban J connectivity index is 2.74. The monoisotopic (exact) mass is 278 g/mol. The van der Waals surface area contributed by atoms with Crippen LogP contribution in [0.3, 0.4) is 0 Å². The molecule has 1 heterocycles. The van der Waals surface area contributed by atoms with E-state index in [2.05, 4.69) is 61.7 Å². The third-order valence-corrected chi connectivity index (χ3v) is 3.56. The minimum absolute atomic E-state index is 0.693. The van der Waals surface area contributed by atoms with Gasteiger partial charge in [0.2, 0.25) is 5.95 Å². The van der Waals surface area contributed by atoms with Crippen molar-refractivity contribution in [1.82, 2.24) is 15.3 Å². The Hall–Kier alpha value is -1.16. The van der Waals surface area contributed by atoms with E-state index < -0.39 is 0 Å². The van der Waals surface area contributed by atoms with Gasteiger partial charge in [-0.15, -0.1) is 0 Å². The van der Waals surface area contributed by atoms with Crippen LogP contribution in [0.4, 0.5) is 5.95 Å². The van der Waals surface area contributed by atoms with Gasteiger partial charge in [0.1, 0.15) is 0 Å². The fourth-order valence-electron chi connectivity index (χ4n) is 2.34. The predicted molar refractivity (Wildman–Crippen MR) is 86.5 cm³/mol. The van der Waals surface area contributed by atoms with E-state index in [1.165, 1.54) is 5.56 Å². The molecule has 0 atom stereocenters. The van der Waals surface area contributed by atoms with Gasteiger partial charge in [0.15, 0.2) is 0 Å². The molecule has 1 rings (SSSR count). The van der Waals surface area contributed by atoms with Crippen LogP contribution in [0.15, 0.2) is 0 Å². The van der Waals surface area contributed by atoms with Gasteiger partial charge < -0.3 is 10.2 Å². The molecule has 20 heavy (non-hydrogen) atoms. The van der Waals surface area contributed by atoms with Crippen LogP contribution in [-0.4, -0.2) is 36.1 Å². The molecule has 0 radical (unpaired) electrons. The highest BCUT2D eigenvalue weighted by Gasteiger charge is 2.11. The zero-order valence-electron chi connectivity index (χ0n) is 14.0. The molecule has 0 bridgehead atoms. The lowest BCUT2D eigenvalue weighted by molar-refractivity contribution is 0.553. The Bertz CT molecular complexity index is 388.